The summed E-state index contributed by atoms with van der Waals surface area (Å²) >= 11 is 11.8. The van der Waals surface area contributed by atoms with Gasteiger partial charge in [0.25, 0.3) is 5.91 Å². The van der Waals surface area contributed by atoms with Gasteiger partial charge < -0.3 is 16.2 Å². The van der Waals surface area contributed by atoms with Gasteiger partial charge in [-0.2, -0.15) is 0 Å². The molecule has 0 saturated heterocycles. The molecule has 0 aliphatic rings. The minimum absolute atomic E-state index is 0.210. The van der Waals surface area contributed by atoms with Crippen molar-refractivity contribution >= 4 is 34.8 Å². The number of hydrogen-bond acceptors (Lipinski definition) is 3. The molecule has 2 aromatic rings. The molecule has 0 unspecified atom stereocenters. The molecule has 2 aromatic carbocycles. The lowest BCUT2D eigenvalue weighted by atomic mass is 10.1. The molecule has 0 bridgehead atoms. The average Bonchev–Trinajstić information content (AvgIpc) is 2.50. The summed E-state index contributed by atoms with van der Waals surface area (Å²) in [6.45, 7) is -0.216. The normalized spacial score (nSPS) is 12.0. The fraction of sp³-hybridized carbons (Fsp3) is 0.133. The predicted molar refractivity (Wildman–Crippen MR) is 84.6 cm³/mol. The molecular weight excluding hydrogens is 311 g/mol. The minimum atomic E-state index is -0.505. The van der Waals surface area contributed by atoms with Crippen LogP contribution in [0.2, 0.25) is 10.0 Å². The maximum Gasteiger partial charge on any atom is 0.251 e. The highest BCUT2D eigenvalue weighted by Crippen LogP contribution is 2.29. The molecule has 0 saturated carbocycles. The van der Waals surface area contributed by atoms with Crippen LogP contribution in [0.25, 0.3) is 0 Å². The Labute approximate surface area is 132 Å². The highest BCUT2D eigenvalue weighted by molar-refractivity contribution is 6.43. The van der Waals surface area contributed by atoms with Crippen molar-refractivity contribution in [3.05, 3.63) is 63.6 Å². The number of nitrogens with one attached hydrogen (secondary N) is 1. The second kappa shape index (κ2) is 6.80. The van der Waals surface area contributed by atoms with Gasteiger partial charge in [-0.1, -0.05) is 53.5 Å². The monoisotopic (exact) mass is 324 g/mol. The topological polar surface area (TPSA) is 75.4 Å². The summed E-state index contributed by atoms with van der Waals surface area (Å²) in [5.41, 5.74) is 7.01. The molecule has 110 valence electrons. The van der Waals surface area contributed by atoms with Gasteiger partial charge in [0.1, 0.15) is 0 Å². The van der Waals surface area contributed by atoms with Crippen molar-refractivity contribution in [3.63, 3.8) is 0 Å². The summed E-state index contributed by atoms with van der Waals surface area (Å²) in [5.74, 6) is -0.386. The first-order valence-corrected chi connectivity index (χ1v) is 6.99. The van der Waals surface area contributed by atoms with E-state index in [0.717, 1.165) is 5.56 Å². The molecule has 0 aromatic heterocycles. The van der Waals surface area contributed by atoms with E-state index >= 15 is 0 Å². The lowest BCUT2D eigenvalue weighted by Gasteiger charge is -2.17. The van der Waals surface area contributed by atoms with Gasteiger partial charge >= 0.3 is 0 Å². The van der Waals surface area contributed by atoms with Crippen LogP contribution in [0, 0.1) is 0 Å². The number of anilines is 1. The quantitative estimate of drug-likeness (QED) is 0.756. The zero-order chi connectivity index (χ0) is 15.4. The summed E-state index contributed by atoms with van der Waals surface area (Å²) in [6, 6.07) is 11.6. The number of nitrogens with two attached hydrogens (primary N) is 1. The van der Waals surface area contributed by atoms with Gasteiger partial charge in [0.2, 0.25) is 0 Å². The van der Waals surface area contributed by atoms with Crippen LogP contribution in [0.3, 0.4) is 0 Å². The SMILES string of the molecule is Nc1cc(C(=O)N[C@@H](CO)c2ccccc2)cc(Cl)c1Cl. The molecule has 0 aliphatic carbocycles. The van der Waals surface area contributed by atoms with Crippen LogP contribution >= 0.6 is 23.2 Å². The van der Waals surface area contributed by atoms with Crippen molar-refractivity contribution < 1.29 is 9.90 Å². The van der Waals surface area contributed by atoms with Crippen LogP contribution in [0.4, 0.5) is 5.69 Å². The van der Waals surface area contributed by atoms with Crippen molar-refractivity contribution in [1.82, 2.24) is 5.32 Å². The maximum atomic E-state index is 12.2. The highest BCUT2D eigenvalue weighted by atomic mass is 35.5. The molecule has 21 heavy (non-hydrogen) atoms. The van der Waals surface area contributed by atoms with Crippen molar-refractivity contribution in [2.24, 2.45) is 0 Å². The van der Waals surface area contributed by atoms with Gasteiger partial charge in [-0.05, 0) is 17.7 Å². The molecule has 0 radical (unpaired) electrons. The summed E-state index contributed by atoms with van der Waals surface area (Å²) in [5, 5.41) is 12.6. The largest absolute Gasteiger partial charge is 0.397 e. The first-order chi connectivity index (χ1) is 10.0. The first-order valence-electron chi connectivity index (χ1n) is 6.24. The van der Waals surface area contributed by atoms with E-state index in [9.17, 15) is 9.90 Å². The first kappa shape index (κ1) is 15.6. The summed E-state index contributed by atoms with van der Waals surface area (Å²) in [4.78, 5) is 12.2. The van der Waals surface area contributed by atoms with Gasteiger partial charge in [0.15, 0.2) is 0 Å². The number of carbonyl (C=O) groups is 1. The molecule has 2 rings (SSSR count). The molecule has 0 fully saturated rings. The molecule has 1 amide bonds. The molecule has 0 heterocycles. The third-order valence-corrected chi connectivity index (χ3v) is 3.83. The fourth-order valence-corrected chi connectivity index (χ4v) is 2.24. The van der Waals surface area contributed by atoms with Crippen molar-refractivity contribution in [1.29, 1.82) is 0 Å². The summed E-state index contributed by atoms with van der Waals surface area (Å²) < 4.78 is 0. The van der Waals surface area contributed by atoms with Crippen molar-refractivity contribution in [2.75, 3.05) is 12.3 Å². The number of hydrogen-bond donors (Lipinski definition) is 3. The summed E-state index contributed by atoms with van der Waals surface area (Å²) in [7, 11) is 0. The third kappa shape index (κ3) is 3.67. The van der Waals surface area contributed by atoms with Gasteiger partial charge in [0.05, 0.1) is 28.4 Å². The Balaban J connectivity index is 2.21. The van der Waals surface area contributed by atoms with Crippen molar-refractivity contribution in [2.45, 2.75) is 6.04 Å². The van der Waals surface area contributed by atoms with Crippen LogP contribution < -0.4 is 11.1 Å². The molecule has 1 atom stereocenters. The molecule has 0 aliphatic heterocycles. The van der Waals surface area contributed by atoms with Crippen LogP contribution in [0.15, 0.2) is 42.5 Å². The van der Waals surface area contributed by atoms with E-state index < -0.39 is 6.04 Å². The van der Waals surface area contributed by atoms with E-state index in [2.05, 4.69) is 5.32 Å². The lowest BCUT2D eigenvalue weighted by Crippen LogP contribution is -2.30. The number of aliphatic hydroxyl groups excluding tert-OH is 1. The Morgan fingerprint density at radius 1 is 1.24 bits per heavy atom. The van der Waals surface area contributed by atoms with Crippen LogP contribution in [0.5, 0.6) is 0 Å². The smallest absolute Gasteiger partial charge is 0.251 e. The van der Waals surface area contributed by atoms with Gasteiger partial charge in [-0.3, -0.25) is 4.79 Å². The Morgan fingerprint density at radius 2 is 1.90 bits per heavy atom. The second-order valence-corrected chi connectivity index (χ2v) is 5.27. The number of aliphatic hydroxyl groups is 1. The molecule has 4 nitrogen and oxygen atoms in total. The van der Waals surface area contributed by atoms with E-state index in [-0.39, 0.29) is 33.8 Å². The van der Waals surface area contributed by atoms with Crippen LogP contribution in [0.1, 0.15) is 22.0 Å². The van der Waals surface area contributed by atoms with Crippen LogP contribution in [-0.2, 0) is 0 Å². The van der Waals surface area contributed by atoms with Crippen molar-refractivity contribution in [3.8, 4) is 0 Å². The van der Waals surface area contributed by atoms with E-state index in [1.54, 1.807) is 0 Å². The Hall–Kier alpha value is -1.75. The Morgan fingerprint density at radius 3 is 2.48 bits per heavy atom. The number of amides is 1. The predicted octanol–water partition coefficient (Wildman–Crippen LogP) is 3.04. The zero-order valence-electron chi connectivity index (χ0n) is 11.0. The number of halogens is 2. The number of benzene rings is 2. The standard InChI is InChI=1S/C15H14Cl2N2O2/c16-11-6-10(7-12(18)14(11)17)15(21)19-13(8-20)9-4-2-1-3-5-9/h1-7,13,20H,8,18H2,(H,19,21)/t13-/m0/s1. The van der Waals surface area contributed by atoms with Gasteiger partial charge in [-0.25, -0.2) is 0 Å². The Bertz CT molecular complexity index is 624. The van der Waals surface area contributed by atoms with E-state index in [1.165, 1.54) is 12.1 Å². The maximum absolute atomic E-state index is 12.2. The lowest BCUT2D eigenvalue weighted by molar-refractivity contribution is 0.0916. The minimum Gasteiger partial charge on any atom is -0.397 e. The van der Waals surface area contributed by atoms with Crippen LogP contribution in [-0.4, -0.2) is 17.6 Å². The molecular formula is C15H14Cl2N2O2. The molecule has 6 heteroatoms. The number of rotatable bonds is 4. The average molecular weight is 325 g/mol. The van der Waals surface area contributed by atoms with E-state index in [1.807, 2.05) is 30.3 Å². The second-order valence-electron chi connectivity index (χ2n) is 4.48. The highest BCUT2D eigenvalue weighted by Gasteiger charge is 2.16. The molecule has 0 spiro atoms. The molecule has 4 N–H and O–H groups in total. The number of nitrogen functional groups attached to an aromatic ring is 1. The third-order valence-electron chi connectivity index (χ3n) is 3.01. The van der Waals surface area contributed by atoms with E-state index in [4.69, 9.17) is 28.9 Å². The zero-order valence-corrected chi connectivity index (χ0v) is 12.5. The van der Waals surface area contributed by atoms with Gasteiger partial charge in [-0.15, -0.1) is 0 Å². The number of carbonyl (C=O) groups excluding carboxylic acids is 1. The van der Waals surface area contributed by atoms with Gasteiger partial charge in [0, 0.05) is 5.56 Å². The fourth-order valence-electron chi connectivity index (χ4n) is 1.90. The van der Waals surface area contributed by atoms with E-state index in [0.29, 0.717) is 0 Å². The Kier molecular flexibility index (Phi) is 5.07. The summed E-state index contributed by atoms with van der Waals surface area (Å²) in [6.07, 6.45) is 0.